The van der Waals surface area contributed by atoms with Crippen LogP contribution in [0.4, 0.5) is 11.4 Å². The Kier molecular flexibility index (Phi) is 16.0. The summed E-state index contributed by atoms with van der Waals surface area (Å²) in [6.45, 7) is 3.04. The lowest BCUT2D eigenvalue weighted by atomic mass is 9.92. The first-order valence-corrected chi connectivity index (χ1v) is 22.7. The van der Waals surface area contributed by atoms with Gasteiger partial charge in [-0.05, 0) is 59.5 Å². The van der Waals surface area contributed by atoms with Gasteiger partial charge in [-0.15, -0.1) is 0 Å². The van der Waals surface area contributed by atoms with Gasteiger partial charge in [-0.1, -0.05) is 60.7 Å². The van der Waals surface area contributed by atoms with Crippen LogP contribution in [0, 0.1) is 0 Å². The van der Waals surface area contributed by atoms with Crippen molar-refractivity contribution < 1.29 is 57.2 Å². The third-order valence-corrected chi connectivity index (χ3v) is 11.5. The van der Waals surface area contributed by atoms with Gasteiger partial charge in [-0.25, -0.2) is 4.98 Å². The maximum atomic E-state index is 13.2. The number of nitrogens with zero attached hydrogens (tertiary/aromatic N) is 2. The minimum Gasteiger partial charge on any atom is -0.493 e. The zero-order valence-corrected chi connectivity index (χ0v) is 38.0. The van der Waals surface area contributed by atoms with Crippen LogP contribution >= 0.6 is 0 Å². The third kappa shape index (κ3) is 11.6. The van der Waals surface area contributed by atoms with Gasteiger partial charge in [0.1, 0.15) is 6.04 Å². The number of para-hydroxylation sites is 1. The Labute approximate surface area is 398 Å². The largest absolute Gasteiger partial charge is 0.493 e. The van der Waals surface area contributed by atoms with E-state index in [0.717, 1.165) is 44.1 Å². The summed E-state index contributed by atoms with van der Waals surface area (Å²) in [4.78, 5) is 82.0. The lowest BCUT2D eigenvalue weighted by Gasteiger charge is -2.27. The van der Waals surface area contributed by atoms with E-state index in [1.54, 1.807) is 24.3 Å². The number of hydrogen-bond donors (Lipinski definition) is 4. The van der Waals surface area contributed by atoms with E-state index in [2.05, 4.69) is 21.3 Å². The molecule has 1 saturated heterocycles. The zero-order chi connectivity index (χ0) is 48.1. The molecule has 6 amide bonds. The number of carbonyl (C=O) groups excluding carboxylic acids is 6. The number of ether oxygens (including phenoxy) is 6. The van der Waals surface area contributed by atoms with Crippen molar-refractivity contribution in [2.75, 3.05) is 90.3 Å². The number of aromatic nitrogens is 1. The molecule has 3 aliphatic heterocycles. The highest BCUT2D eigenvalue weighted by molar-refractivity contribution is 6.25. The summed E-state index contributed by atoms with van der Waals surface area (Å²) < 4.78 is 33.9. The highest BCUT2D eigenvalue weighted by atomic mass is 16.6. The summed E-state index contributed by atoms with van der Waals surface area (Å²) in [5.41, 5.74) is 7.22. The fourth-order valence-electron chi connectivity index (χ4n) is 8.23. The van der Waals surface area contributed by atoms with E-state index in [1.807, 2.05) is 72.8 Å². The quantitative estimate of drug-likeness (QED) is 0.0517. The molecular formula is C51H52N6O12. The van der Waals surface area contributed by atoms with Crippen LogP contribution in [0.1, 0.15) is 39.1 Å². The number of piperidine rings is 1. The number of amides is 6. The maximum absolute atomic E-state index is 13.2. The van der Waals surface area contributed by atoms with Gasteiger partial charge >= 0.3 is 0 Å². The molecule has 1 atom stereocenters. The van der Waals surface area contributed by atoms with Crippen molar-refractivity contribution >= 4 is 46.8 Å². The highest BCUT2D eigenvalue weighted by Gasteiger charge is 2.45. The van der Waals surface area contributed by atoms with E-state index < -0.39 is 29.7 Å². The number of nitrogens with one attached hydrogen (secondary N) is 4. The molecule has 1 unspecified atom stereocenters. The lowest BCUT2D eigenvalue weighted by Crippen LogP contribution is -2.54. The number of anilines is 2. The fourth-order valence-corrected chi connectivity index (χ4v) is 8.23. The molecule has 4 N–H and O–H groups in total. The van der Waals surface area contributed by atoms with Crippen molar-refractivity contribution in [1.29, 1.82) is 0 Å². The topological polar surface area (TPSA) is 222 Å². The summed E-state index contributed by atoms with van der Waals surface area (Å²) in [7, 11) is 1.53. The van der Waals surface area contributed by atoms with Crippen LogP contribution in [-0.4, -0.2) is 131 Å². The molecule has 4 aromatic carbocycles. The summed E-state index contributed by atoms with van der Waals surface area (Å²) in [5.74, 6) is -1.89. The van der Waals surface area contributed by atoms with Gasteiger partial charge in [0.05, 0.1) is 94.6 Å². The Balaban J connectivity index is 0.692. The first-order chi connectivity index (χ1) is 33.7. The highest BCUT2D eigenvalue weighted by Crippen LogP contribution is 2.42. The van der Waals surface area contributed by atoms with Crippen LogP contribution in [0.5, 0.6) is 11.5 Å². The minimum absolute atomic E-state index is 0.0502. The summed E-state index contributed by atoms with van der Waals surface area (Å²) in [6, 6.07) is 28.8. The lowest BCUT2D eigenvalue weighted by molar-refractivity contribution is -0.136. The number of hydrogen-bond acceptors (Lipinski definition) is 14. The number of carbonyl (C=O) groups is 6. The van der Waals surface area contributed by atoms with Gasteiger partial charge in [0.15, 0.2) is 18.1 Å². The molecule has 69 heavy (non-hydrogen) atoms. The van der Waals surface area contributed by atoms with Gasteiger partial charge in [0, 0.05) is 36.3 Å². The van der Waals surface area contributed by atoms with Crippen molar-refractivity contribution in [1.82, 2.24) is 20.5 Å². The number of pyridine rings is 1. The molecule has 18 nitrogen and oxygen atoms in total. The SMILES string of the molecule is COc1cc(-c2cc(-c3ccccc3)nc3c2CC(=O)Nc2ccccc2-3)ccc1OCC(=O)NCCOCCOCCOCCOCCNc1cccc2c1C(=O)N(C1CCC(=O)NC1=O)C2=O. The van der Waals surface area contributed by atoms with E-state index in [0.29, 0.717) is 75.7 Å². The molecule has 5 aromatic rings. The average Bonchev–Trinajstić information content (AvgIpc) is 3.51. The second kappa shape index (κ2) is 23.0. The molecular weight excluding hydrogens is 889 g/mol. The first kappa shape index (κ1) is 48.0. The van der Waals surface area contributed by atoms with Crippen LogP contribution in [0.3, 0.4) is 0 Å². The molecule has 3 aliphatic rings. The van der Waals surface area contributed by atoms with Gasteiger partial charge in [-0.3, -0.25) is 39.0 Å². The van der Waals surface area contributed by atoms with Crippen LogP contribution in [0.15, 0.2) is 97.1 Å². The predicted octanol–water partition coefficient (Wildman–Crippen LogP) is 4.66. The molecule has 0 radical (unpaired) electrons. The molecule has 1 fully saturated rings. The Bertz CT molecular complexity index is 2710. The van der Waals surface area contributed by atoms with E-state index in [9.17, 15) is 28.8 Å². The Morgan fingerprint density at radius 3 is 2.12 bits per heavy atom. The van der Waals surface area contributed by atoms with Crippen LogP contribution in [-0.2, 0) is 44.5 Å². The number of rotatable bonds is 23. The van der Waals surface area contributed by atoms with Crippen molar-refractivity contribution in [3.8, 4) is 45.1 Å². The maximum Gasteiger partial charge on any atom is 0.264 e. The number of methoxy groups -OCH3 is 1. The smallest absolute Gasteiger partial charge is 0.264 e. The van der Waals surface area contributed by atoms with Gasteiger partial charge in [-0.2, -0.15) is 0 Å². The summed E-state index contributed by atoms with van der Waals surface area (Å²) in [6.07, 6.45) is 0.267. The van der Waals surface area contributed by atoms with Crippen LogP contribution < -0.4 is 30.7 Å². The molecule has 18 heteroatoms. The predicted molar refractivity (Wildman–Crippen MR) is 253 cm³/mol. The Hall–Kier alpha value is -7.51. The Morgan fingerprint density at radius 1 is 0.681 bits per heavy atom. The van der Waals surface area contributed by atoms with Crippen molar-refractivity contribution in [2.45, 2.75) is 25.3 Å². The first-order valence-electron chi connectivity index (χ1n) is 22.7. The van der Waals surface area contributed by atoms with Gasteiger partial charge in [0.2, 0.25) is 17.7 Å². The molecule has 0 bridgehead atoms. The van der Waals surface area contributed by atoms with Crippen molar-refractivity contribution in [2.24, 2.45) is 0 Å². The summed E-state index contributed by atoms with van der Waals surface area (Å²) in [5, 5.41) is 11.1. The standard InChI is InChI=1S/C51H52N6O12/c1-64-43-28-33(36-29-40(32-8-3-2-4-9-32)55-48-34-10-5-6-12-38(34)54-45(59)30-37(36)48)14-16-42(43)69-31-46(60)53-19-21-66-23-25-68-27-26-67-24-22-65-20-18-52-39-13-7-11-35-47(39)51(63)57(50(35)62)41-15-17-44(58)56-49(41)61/h2-14,16,28-29,41,52H,15,17-27,30-31H2,1H3,(H,53,60)(H,54,59)(H,56,58,61). The number of fused-ring (bicyclic) bond motifs is 4. The monoisotopic (exact) mass is 940 g/mol. The zero-order valence-electron chi connectivity index (χ0n) is 38.0. The molecule has 358 valence electrons. The molecule has 0 saturated carbocycles. The third-order valence-electron chi connectivity index (χ3n) is 11.5. The van der Waals surface area contributed by atoms with E-state index in [1.165, 1.54) is 7.11 Å². The molecule has 4 heterocycles. The van der Waals surface area contributed by atoms with E-state index in [4.69, 9.17) is 33.4 Å². The Morgan fingerprint density at radius 2 is 1.38 bits per heavy atom. The minimum atomic E-state index is -1.03. The number of imide groups is 2. The average molecular weight is 941 g/mol. The molecule has 1 aromatic heterocycles. The van der Waals surface area contributed by atoms with Crippen LogP contribution in [0.25, 0.3) is 33.6 Å². The number of benzene rings is 4. The second-order valence-electron chi connectivity index (χ2n) is 16.1. The van der Waals surface area contributed by atoms with E-state index >= 15 is 0 Å². The van der Waals surface area contributed by atoms with Gasteiger partial charge in [0.25, 0.3) is 17.7 Å². The van der Waals surface area contributed by atoms with Crippen LogP contribution in [0.2, 0.25) is 0 Å². The van der Waals surface area contributed by atoms with Crippen molar-refractivity contribution in [3.05, 3.63) is 114 Å². The second-order valence-corrected chi connectivity index (χ2v) is 16.1. The molecule has 8 rings (SSSR count). The van der Waals surface area contributed by atoms with Crippen molar-refractivity contribution in [3.63, 3.8) is 0 Å². The normalized spacial score (nSPS) is 15.1. The summed E-state index contributed by atoms with van der Waals surface area (Å²) >= 11 is 0. The molecule has 0 aliphatic carbocycles. The molecule has 0 spiro atoms. The van der Waals surface area contributed by atoms with E-state index in [-0.39, 0.29) is 62.0 Å². The van der Waals surface area contributed by atoms with Gasteiger partial charge < -0.3 is 44.4 Å². The fraction of sp³-hybridized carbons (Fsp3) is 0.314.